The largest absolute Gasteiger partial charge is 0.355 e. The quantitative estimate of drug-likeness (QED) is 0.885. The molecule has 2 heterocycles. The second kappa shape index (κ2) is 5.92. The predicted octanol–water partition coefficient (Wildman–Crippen LogP) is 2.97. The number of fused-ring (bicyclic) bond motifs is 1. The summed E-state index contributed by atoms with van der Waals surface area (Å²) in [5, 5.41) is 2.06. The zero-order valence-corrected chi connectivity index (χ0v) is 13.1. The molecule has 0 aliphatic rings. The molecule has 4 nitrogen and oxygen atoms in total. The maximum absolute atomic E-state index is 5.94. The smallest absolute Gasteiger partial charge is 0.195 e. The highest BCUT2D eigenvalue weighted by Crippen LogP contribution is 2.25. The van der Waals surface area contributed by atoms with Gasteiger partial charge in [-0.3, -0.25) is 4.40 Å². The number of hydrogen-bond acceptors (Lipinski definition) is 4. The number of thiazole rings is 1. The minimum absolute atomic E-state index is 0.528. The summed E-state index contributed by atoms with van der Waals surface area (Å²) >= 11 is 1.66. The summed E-state index contributed by atoms with van der Waals surface area (Å²) in [5.74, 6) is 2.30. The van der Waals surface area contributed by atoms with Gasteiger partial charge in [0.2, 0.25) is 0 Å². The summed E-state index contributed by atoms with van der Waals surface area (Å²) in [6.45, 7) is 11.6. The highest BCUT2D eigenvalue weighted by molar-refractivity contribution is 7.15. The van der Waals surface area contributed by atoms with Gasteiger partial charge < -0.3 is 10.6 Å². The van der Waals surface area contributed by atoms with E-state index in [1.54, 1.807) is 11.3 Å². The van der Waals surface area contributed by atoms with Gasteiger partial charge in [-0.2, -0.15) is 0 Å². The molecule has 0 aromatic carbocycles. The molecule has 106 valence electrons. The van der Waals surface area contributed by atoms with Crippen LogP contribution in [0.3, 0.4) is 0 Å². The monoisotopic (exact) mass is 280 g/mol. The normalized spacial score (nSPS) is 11.9. The molecular formula is C14H24N4S. The minimum atomic E-state index is 0.528. The highest BCUT2D eigenvalue weighted by Gasteiger charge is 2.19. The van der Waals surface area contributed by atoms with Crippen molar-refractivity contribution < 1.29 is 0 Å². The summed E-state index contributed by atoms with van der Waals surface area (Å²) in [7, 11) is 0. The fraction of sp³-hybridized carbons (Fsp3) is 0.643. The Bertz CT molecular complexity index is 517. The van der Waals surface area contributed by atoms with Gasteiger partial charge in [0.15, 0.2) is 10.8 Å². The first kappa shape index (κ1) is 14.3. The third kappa shape index (κ3) is 3.09. The van der Waals surface area contributed by atoms with E-state index in [4.69, 9.17) is 10.7 Å². The lowest BCUT2D eigenvalue weighted by Gasteiger charge is -2.27. The molecule has 0 aliphatic carbocycles. The fourth-order valence-corrected chi connectivity index (χ4v) is 3.12. The Labute approximate surface area is 119 Å². The molecule has 0 unspecified atom stereocenters. The van der Waals surface area contributed by atoms with E-state index < -0.39 is 0 Å². The second-order valence-electron chi connectivity index (χ2n) is 5.83. The predicted molar refractivity (Wildman–Crippen MR) is 82.8 cm³/mol. The number of rotatable bonds is 6. The van der Waals surface area contributed by atoms with Crippen molar-refractivity contribution in [1.82, 2.24) is 9.38 Å². The van der Waals surface area contributed by atoms with E-state index in [-0.39, 0.29) is 0 Å². The van der Waals surface area contributed by atoms with Crippen LogP contribution in [0, 0.1) is 11.8 Å². The Morgan fingerprint density at radius 2 is 1.89 bits per heavy atom. The fourth-order valence-electron chi connectivity index (χ4n) is 2.39. The SMILES string of the molecule is CC(C)CN(CC(C)C)c1nc2sccn2c1CN. The second-order valence-corrected chi connectivity index (χ2v) is 6.71. The van der Waals surface area contributed by atoms with E-state index in [9.17, 15) is 0 Å². The standard InChI is InChI=1S/C14H24N4S/c1-10(2)8-17(9-11(3)4)13-12(7-15)18-5-6-19-14(18)16-13/h5-6,10-11H,7-9,15H2,1-4H3. The van der Waals surface area contributed by atoms with Crippen LogP contribution in [0.2, 0.25) is 0 Å². The average Bonchev–Trinajstić information content (AvgIpc) is 2.85. The van der Waals surface area contributed by atoms with Crippen LogP contribution in [0.1, 0.15) is 33.4 Å². The zero-order chi connectivity index (χ0) is 14.0. The van der Waals surface area contributed by atoms with Gasteiger partial charge in [0.05, 0.1) is 5.69 Å². The Hall–Kier alpha value is -1.07. The molecule has 0 radical (unpaired) electrons. The van der Waals surface area contributed by atoms with Crippen molar-refractivity contribution in [3.8, 4) is 0 Å². The number of imidazole rings is 1. The minimum Gasteiger partial charge on any atom is -0.355 e. The topological polar surface area (TPSA) is 46.6 Å². The van der Waals surface area contributed by atoms with Gasteiger partial charge in [0, 0.05) is 31.2 Å². The van der Waals surface area contributed by atoms with Crippen LogP contribution in [-0.2, 0) is 6.54 Å². The van der Waals surface area contributed by atoms with E-state index in [2.05, 4.69) is 48.6 Å². The number of anilines is 1. The Kier molecular flexibility index (Phi) is 4.47. The average molecular weight is 280 g/mol. The molecule has 2 aromatic heterocycles. The zero-order valence-electron chi connectivity index (χ0n) is 12.3. The molecular weight excluding hydrogens is 256 g/mol. The van der Waals surface area contributed by atoms with Crippen molar-refractivity contribution in [2.75, 3.05) is 18.0 Å². The molecule has 2 rings (SSSR count). The van der Waals surface area contributed by atoms with Gasteiger partial charge in [0.25, 0.3) is 0 Å². The van der Waals surface area contributed by atoms with Gasteiger partial charge in [-0.25, -0.2) is 4.98 Å². The summed E-state index contributed by atoms with van der Waals surface area (Å²) in [6.07, 6.45) is 2.06. The van der Waals surface area contributed by atoms with E-state index >= 15 is 0 Å². The molecule has 0 atom stereocenters. The number of hydrogen-bond donors (Lipinski definition) is 1. The molecule has 2 N–H and O–H groups in total. The summed E-state index contributed by atoms with van der Waals surface area (Å²) in [5.41, 5.74) is 7.06. The van der Waals surface area contributed by atoms with Crippen molar-refractivity contribution >= 4 is 22.1 Å². The Morgan fingerprint density at radius 3 is 2.42 bits per heavy atom. The third-order valence-corrected chi connectivity index (χ3v) is 3.76. The first-order chi connectivity index (χ1) is 9.02. The van der Waals surface area contributed by atoms with E-state index in [0.29, 0.717) is 18.4 Å². The van der Waals surface area contributed by atoms with Gasteiger partial charge in [-0.05, 0) is 11.8 Å². The van der Waals surface area contributed by atoms with Crippen LogP contribution in [0.5, 0.6) is 0 Å². The molecule has 0 amide bonds. The molecule has 0 saturated carbocycles. The van der Waals surface area contributed by atoms with Crippen LogP contribution < -0.4 is 10.6 Å². The first-order valence-electron chi connectivity index (χ1n) is 6.92. The van der Waals surface area contributed by atoms with Gasteiger partial charge in [-0.15, -0.1) is 11.3 Å². The lowest BCUT2D eigenvalue weighted by molar-refractivity contribution is 0.548. The van der Waals surface area contributed by atoms with Crippen LogP contribution in [0.25, 0.3) is 4.96 Å². The third-order valence-electron chi connectivity index (χ3n) is 3.00. The van der Waals surface area contributed by atoms with E-state index in [1.807, 2.05) is 0 Å². The number of aromatic nitrogens is 2. The van der Waals surface area contributed by atoms with E-state index in [1.165, 1.54) is 0 Å². The van der Waals surface area contributed by atoms with Gasteiger partial charge in [0.1, 0.15) is 0 Å². The van der Waals surface area contributed by atoms with Crippen LogP contribution >= 0.6 is 11.3 Å². The van der Waals surface area contributed by atoms with Crippen molar-refractivity contribution in [3.05, 3.63) is 17.3 Å². The molecule has 0 saturated heterocycles. The molecule has 19 heavy (non-hydrogen) atoms. The maximum Gasteiger partial charge on any atom is 0.195 e. The van der Waals surface area contributed by atoms with Crippen LogP contribution in [0.4, 0.5) is 5.82 Å². The number of nitrogens with zero attached hydrogens (tertiary/aromatic N) is 3. The first-order valence-corrected chi connectivity index (χ1v) is 7.80. The van der Waals surface area contributed by atoms with Crippen molar-refractivity contribution in [3.63, 3.8) is 0 Å². The molecule has 0 aliphatic heterocycles. The maximum atomic E-state index is 5.94. The van der Waals surface area contributed by atoms with Crippen molar-refractivity contribution in [2.45, 2.75) is 34.2 Å². The van der Waals surface area contributed by atoms with Crippen LogP contribution in [-0.4, -0.2) is 22.5 Å². The lowest BCUT2D eigenvalue weighted by atomic mass is 10.1. The molecule has 5 heteroatoms. The summed E-state index contributed by atoms with van der Waals surface area (Å²) < 4.78 is 2.12. The van der Waals surface area contributed by atoms with E-state index in [0.717, 1.165) is 29.6 Å². The van der Waals surface area contributed by atoms with Crippen LogP contribution in [0.15, 0.2) is 11.6 Å². The summed E-state index contributed by atoms with van der Waals surface area (Å²) in [4.78, 5) is 8.20. The summed E-state index contributed by atoms with van der Waals surface area (Å²) in [6, 6.07) is 0. The van der Waals surface area contributed by atoms with Gasteiger partial charge in [-0.1, -0.05) is 27.7 Å². The Morgan fingerprint density at radius 1 is 1.26 bits per heavy atom. The number of nitrogens with two attached hydrogens (primary N) is 1. The molecule has 2 aromatic rings. The van der Waals surface area contributed by atoms with Gasteiger partial charge >= 0.3 is 0 Å². The van der Waals surface area contributed by atoms with Crippen molar-refractivity contribution in [2.24, 2.45) is 17.6 Å². The highest BCUT2D eigenvalue weighted by atomic mass is 32.1. The Balaban J connectivity index is 2.39. The van der Waals surface area contributed by atoms with Crippen molar-refractivity contribution in [1.29, 1.82) is 0 Å². The molecule has 0 fully saturated rings. The lowest BCUT2D eigenvalue weighted by Crippen LogP contribution is -2.32. The molecule has 0 bridgehead atoms. The molecule has 0 spiro atoms.